The third-order valence-corrected chi connectivity index (χ3v) is 2.06. The van der Waals surface area contributed by atoms with Crippen molar-refractivity contribution in [1.29, 1.82) is 0 Å². The first-order chi connectivity index (χ1) is 6.48. The summed E-state index contributed by atoms with van der Waals surface area (Å²) in [5, 5.41) is 11.7. The van der Waals surface area contributed by atoms with Crippen molar-refractivity contribution in [1.82, 2.24) is 0 Å². The van der Waals surface area contributed by atoms with Crippen molar-refractivity contribution in [3.8, 4) is 0 Å². The summed E-state index contributed by atoms with van der Waals surface area (Å²) in [7, 11) is 1.65. The monoisotopic (exact) mass is 201 g/mol. The Bertz CT molecular complexity index is 313. The van der Waals surface area contributed by atoms with E-state index in [1.807, 2.05) is 0 Å². The lowest BCUT2D eigenvalue weighted by Gasteiger charge is -2.20. The average Bonchev–Trinajstić information content (AvgIpc) is 2.17. The molecule has 0 saturated carbocycles. The summed E-state index contributed by atoms with van der Waals surface area (Å²) in [5.41, 5.74) is 0.419. The lowest BCUT2D eigenvalue weighted by Crippen LogP contribution is -2.27. The lowest BCUT2D eigenvalue weighted by molar-refractivity contribution is -0.106. The maximum atomic E-state index is 13.3. The van der Waals surface area contributed by atoms with Crippen LogP contribution >= 0.6 is 0 Å². The van der Waals surface area contributed by atoms with Gasteiger partial charge in [-0.05, 0) is 19.1 Å². The maximum Gasteiger partial charge on any atom is 0.298 e. The van der Waals surface area contributed by atoms with Gasteiger partial charge in [-0.2, -0.15) is 8.78 Å². The number of halogens is 2. The highest BCUT2D eigenvalue weighted by molar-refractivity contribution is 5.46. The number of benzene rings is 1. The molecule has 0 aliphatic rings. The second kappa shape index (κ2) is 3.92. The summed E-state index contributed by atoms with van der Waals surface area (Å²) in [5.74, 6) is -3.20. The SMILES string of the molecule is CNc1cccc(C(F)(F)[C@H](C)O)c1. The van der Waals surface area contributed by atoms with Crippen molar-refractivity contribution >= 4 is 5.69 Å². The molecule has 0 amide bonds. The highest BCUT2D eigenvalue weighted by atomic mass is 19.3. The zero-order valence-electron chi connectivity index (χ0n) is 8.09. The summed E-state index contributed by atoms with van der Waals surface area (Å²) < 4.78 is 26.6. The molecule has 2 N–H and O–H groups in total. The zero-order valence-corrected chi connectivity index (χ0v) is 8.09. The molecule has 2 nitrogen and oxygen atoms in total. The Morgan fingerprint density at radius 2 is 2.07 bits per heavy atom. The molecule has 0 aliphatic carbocycles. The second-order valence-corrected chi connectivity index (χ2v) is 3.13. The number of nitrogens with one attached hydrogen (secondary N) is 1. The molecule has 14 heavy (non-hydrogen) atoms. The second-order valence-electron chi connectivity index (χ2n) is 3.13. The van der Waals surface area contributed by atoms with E-state index in [1.54, 1.807) is 13.1 Å². The van der Waals surface area contributed by atoms with Crippen LogP contribution in [0.4, 0.5) is 14.5 Å². The number of hydrogen-bond acceptors (Lipinski definition) is 2. The van der Waals surface area contributed by atoms with Crippen LogP contribution in [0.3, 0.4) is 0 Å². The van der Waals surface area contributed by atoms with Gasteiger partial charge < -0.3 is 10.4 Å². The molecule has 0 radical (unpaired) electrons. The van der Waals surface area contributed by atoms with E-state index < -0.39 is 12.0 Å². The highest BCUT2D eigenvalue weighted by Crippen LogP contribution is 2.32. The third kappa shape index (κ3) is 2.01. The van der Waals surface area contributed by atoms with E-state index in [1.165, 1.54) is 18.2 Å². The third-order valence-electron chi connectivity index (χ3n) is 2.06. The molecule has 0 unspecified atom stereocenters. The van der Waals surface area contributed by atoms with Crippen LogP contribution < -0.4 is 5.32 Å². The van der Waals surface area contributed by atoms with Crippen molar-refractivity contribution in [3.63, 3.8) is 0 Å². The molecule has 1 aromatic rings. The minimum Gasteiger partial charge on any atom is -0.388 e. The fraction of sp³-hybridized carbons (Fsp3) is 0.400. The molecule has 1 rings (SSSR count). The molecule has 0 aliphatic heterocycles. The summed E-state index contributed by atoms with van der Waals surface area (Å²) in [6.07, 6.45) is -1.69. The fourth-order valence-electron chi connectivity index (χ4n) is 1.12. The number of hydrogen-bond donors (Lipinski definition) is 2. The molecule has 78 valence electrons. The van der Waals surface area contributed by atoms with Gasteiger partial charge in [0, 0.05) is 18.3 Å². The Kier molecular flexibility index (Phi) is 3.06. The number of aliphatic hydroxyl groups excluding tert-OH is 1. The van der Waals surface area contributed by atoms with E-state index >= 15 is 0 Å². The van der Waals surface area contributed by atoms with Crippen molar-refractivity contribution in [2.24, 2.45) is 0 Å². The van der Waals surface area contributed by atoms with E-state index in [-0.39, 0.29) is 5.56 Å². The van der Waals surface area contributed by atoms with E-state index in [2.05, 4.69) is 5.32 Å². The zero-order chi connectivity index (χ0) is 10.8. The highest BCUT2D eigenvalue weighted by Gasteiger charge is 2.37. The number of anilines is 1. The first-order valence-corrected chi connectivity index (χ1v) is 4.32. The summed E-state index contributed by atoms with van der Waals surface area (Å²) in [6.45, 7) is 1.08. The van der Waals surface area contributed by atoms with Gasteiger partial charge in [-0.1, -0.05) is 12.1 Å². The predicted molar refractivity (Wildman–Crippen MR) is 51.6 cm³/mol. The number of rotatable bonds is 3. The molecular formula is C10H13F2NO. The van der Waals surface area contributed by atoms with Gasteiger partial charge in [0.05, 0.1) is 0 Å². The van der Waals surface area contributed by atoms with Gasteiger partial charge in [-0.15, -0.1) is 0 Å². The molecule has 0 saturated heterocycles. The van der Waals surface area contributed by atoms with Crippen LogP contribution in [0.2, 0.25) is 0 Å². The Balaban J connectivity index is 3.06. The largest absolute Gasteiger partial charge is 0.388 e. The molecular weight excluding hydrogens is 188 g/mol. The van der Waals surface area contributed by atoms with Gasteiger partial charge in [-0.3, -0.25) is 0 Å². The molecule has 0 spiro atoms. The minimum atomic E-state index is -3.20. The Labute approximate surface area is 81.6 Å². The van der Waals surface area contributed by atoms with Gasteiger partial charge in [0.1, 0.15) is 6.10 Å². The van der Waals surface area contributed by atoms with Crippen molar-refractivity contribution in [2.45, 2.75) is 19.0 Å². The van der Waals surface area contributed by atoms with Gasteiger partial charge in [0.25, 0.3) is 5.92 Å². The van der Waals surface area contributed by atoms with Crippen LogP contribution in [0.5, 0.6) is 0 Å². The summed E-state index contributed by atoms with van der Waals surface area (Å²) in [6, 6.07) is 5.83. The van der Waals surface area contributed by atoms with Crippen molar-refractivity contribution < 1.29 is 13.9 Å². The van der Waals surface area contributed by atoms with Crippen LogP contribution in [0.25, 0.3) is 0 Å². The minimum absolute atomic E-state index is 0.181. The number of alkyl halides is 2. The molecule has 4 heteroatoms. The van der Waals surface area contributed by atoms with Crippen molar-refractivity contribution in [2.75, 3.05) is 12.4 Å². The quantitative estimate of drug-likeness (QED) is 0.785. The van der Waals surface area contributed by atoms with Gasteiger partial charge >= 0.3 is 0 Å². The van der Waals surface area contributed by atoms with Gasteiger partial charge in [0.2, 0.25) is 0 Å². The normalized spacial score (nSPS) is 13.8. The Hall–Kier alpha value is -1.16. The average molecular weight is 201 g/mol. The predicted octanol–water partition coefficient (Wildman–Crippen LogP) is 2.20. The van der Waals surface area contributed by atoms with Gasteiger partial charge in [0.15, 0.2) is 0 Å². The van der Waals surface area contributed by atoms with Crippen molar-refractivity contribution in [3.05, 3.63) is 29.8 Å². The van der Waals surface area contributed by atoms with Crippen LogP contribution in [-0.4, -0.2) is 18.3 Å². The Morgan fingerprint density at radius 1 is 1.43 bits per heavy atom. The van der Waals surface area contributed by atoms with Crippen LogP contribution in [0.1, 0.15) is 12.5 Å². The molecule has 0 bridgehead atoms. The van der Waals surface area contributed by atoms with E-state index in [0.29, 0.717) is 5.69 Å². The maximum absolute atomic E-state index is 13.3. The van der Waals surface area contributed by atoms with Crippen LogP contribution in [0, 0.1) is 0 Å². The van der Waals surface area contributed by atoms with E-state index in [4.69, 9.17) is 5.11 Å². The molecule has 0 fully saturated rings. The lowest BCUT2D eigenvalue weighted by atomic mass is 10.0. The van der Waals surface area contributed by atoms with E-state index in [0.717, 1.165) is 6.92 Å². The Morgan fingerprint density at radius 3 is 2.57 bits per heavy atom. The molecule has 1 atom stereocenters. The molecule has 0 heterocycles. The topological polar surface area (TPSA) is 32.3 Å². The van der Waals surface area contributed by atoms with Crippen LogP contribution in [0.15, 0.2) is 24.3 Å². The first-order valence-electron chi connectivity index (χ1n) is 4.32. The standard InChI is InChI=1S/C10H13F2NO/c1-7(14)10(11,12)8-4-3-5-9(6-8)13-2/h3-7,13-14H,1-2H3/t7-/m0/s1. The smallest absolute Gasteiger partial charge is 0.298 e. The summed E-state index contributed by atoms with van der Waals surface area (Å²) >= 11 is 0. The molecule has 1 aromatic carbocycles. The van der Waals surface area contributed by atoms with E-state index in [9.17, 15) is 8.78 Å². The van der Waals surface area contributed by atoms with Crippen LogP contribution in [-0.2, 0) is 5.92 Å². The first kappa shape index (κ1) is 10.9. The van der Waals surface area contributed by atoms with Gasteiger partial charge in [-0.25, -0.2) is 0 Å². The number of aliphatic hydroxyl groups is 1. The molecule has 0 aromatic heterocycles. The fourth-order valence-corrected chi connectivity index (χ4v) is 1.12. The summed E-state index contributed by atoms with van der Waals surface area (Å²) in [4.78, 5) is 0.